The van der Waals surface area contributed by atoms with Crippen LogP contribution in [0, 0.1) is 0 Å². The molecule has 274 valence electrons. The van der Waals surface area contributed by atoms with Gasteiger partial charge in [0.05, 0.1) is 27.6 Å². The molecule has 0 saturated carbocycles. The van der Waals surface area contributed by atoms with Gasteiger partial charge in [0.2, 0.25) is 5.95 Å². The molecule has 0 amide bonds. The van der Waals surface area contributed by atoms with Crippen LogP contribution >= 0.6 is 0 Å². The van der Waals surface area contributed by atoms with Crippen molar-refractivity contribution in [3.8, 4) is 39.5 Å². The Bertz CT molecular complexity index is 3840. The zero-order valence-electron chi connectivity index (χ0n) is 31.6. The van der Waals surface area contributed by atoms with Gasteiger partial charge in [0.15, 0.2) is 0 Å². The largest absolute Gasteiger partial charge is 0.455 e. The van der Waals surface area contributed by atoms with Crippen molar-refractivity contribution in [3.05, 3.63) is 188 Å². The third kappa shape index (κ3) is 4.67. The first-order chi connectivity index (χ1) is 29.3. The second-order valence-electron chi connectivity index (χ2n) is 15.2. The van der Waals surface area contributed by atoms with Crippen LogP contribution in [0.25, 0.3) is 127 Å². The van der Waals surface area contributed by atoms with E-state index in [0.29, 0.717) is 5.95 Å². The quantitative estimate of drug-likeness (QED) is 0.180. The van der Waals surface area contributed by atoms with E-state index in [1.807, 2.05) is 24.3 Å². The molecule has 0 aliphatic heterocycles. The standard InChI is InChI=1S/C54H31N3O2/c1-2-13-32(14-3-1)33-25-27-34(28-26-33)51-40-18-6-9-22-44(40)55-54(56-51)57-45-23-10-7-19-41(45)50-46(57)30-29-42-49-37-17-5-4-15-35(37)43(31-48(49)59-53(42)50)39-21-12-20-38-36-16-8-11-24-47(36)58-52(38)39/h1-31H. The second kappa shape index (κ2) is 12.2. The van der Waals surface area contributed by atoms with E-state index in [-0.39, 0.29) is 0 Å². The molecule has 0 fully saturated rings. The van der Waals surface area contributed by atoms with Crippen molar-refractivity contribution in [2.45, 2.75) is 0 Å². The number of para-hydroxylation sites is 4. The van der Waals surface area contributed by atoms with Crippen molar-refractivity contribution in [3.63, 3.8) is 0 Å². The van der Waals surface area contributed by atoms with Gasteiger partial charge in [-0.25, -0.2) is 9.97 Å². The van der Waals surface area contributed by atoms with Crippen LogP contribution in [0.2, 0.25) is 0 Å². The van der Waals surface area contributed by atoms with Crippen molar-refractivity contribution in [1.82, 2.24) is 14.5 Å². The highest BCUT2D eigenvalue weighted by molar-refractivity contribution is 6.29. The van der Waals surface area contributed by atoms with E-state index in [1.165, 1.54) is 5.56 Å². The van der Waals surface area contributed by atoms with Crippen LogP contribution in [0.4, 0.5) is 0 Å². The molecular formula is C54H31N3O2. The molecule has 5 nitrogen and oxygen atoms in total. The summed E-state index contributed by atoms with van der Waals surface area (Å²) in [7, 11) is 0. The lowest BCUT2D eigenvalue weighted by Crippen LogP contribution is -2.03. The zero-order chi connectivity index (χ0) is 38.6. The van der Waals surface area contributed by atoms with Gasteiger partial charge in [0.25, 0.3) is 0 Å². The fourth-order valence-corrected chi connectivity index (χ4v) is 9.38. The zero-order valence-corrected chi connectivity index (χ0v) is 31.6. The monoisotopic (exact) mass is 753 g/mol. The fourth-order valence-electron chi connectivity index (χ4n) is 9.38. The van der Waals surface area contributed by atoms with Crippen LogP contribution in [0.1, 0.15) is 0 Å². The second-order valence-corrected chi connectivity index (χ2v) is 15.2. The smallest absolute Gasteiger partial charge is 0.235 e. The molecule has 59 heavy (non-hydrogen) atoms. The normalized spacial score (nSPS) is 12.1. The van der Waals surface area contributed by atoms with Crippen LogP contribution in [0.5, 0.6) is 0 Å². The highest BCUT2D eigenvalue weighted by Crippen LogP contribution is 2.46. The molecule has 0 aliphatic carbocycles. The van der Waals surface area contributed by atoms with E-state index >= 15 is 0 Å². The number of hydrogen-bond acceptors (Lipinski definition) is 4. The van der Waals surface area contributed by atoms with Gasteiger partial charge in [0, 0.05) is 43.4 Å². The summed E-state index contributed by atoms with van der Waals surface area (Å²) < 4.78 is 15.8. The van der Waals surface area contributed by atoms with Gasteiger partial charge in [-0.2, -0.15) is 0 Å². The average molecular weight is 754 g/mol. The molecule has 13 aromatic rings. The molecule has 0 bridgehead atoms. The summed E-state index contributed by atoms with van der Waals surface area (Å²) in [5, 5.41) is 9.77. The van der Waals surface area contributed by atoms with Crippen molar-refractivity contribution in [1.29, 1.82) is 0 Å². The van der Waals surface area contributed by atoms with Crippen molar-refractivity contribution >= 4 is 87.4 Å². The topological polar surface area (TPSA) is 57.0 Å². The Hall–Kier alpha value is -8.02. The summed E-state index contributed by atoms with van der Waals surface area (Å²) in [6.45, 7) is 0. The molecule has 0 aliphatic rings. The first-order valence-electron chi connectivity index (χ1n) is 19.9. The number of hydrogen-bond donors (Lipinski definition) is 0. The molecular weight excluding hydrogens is 723 g/mol. The van der Waals surface area contributed by atoms with Crippen LogP contribution in [0.15, 0.2) is 197 Å². The van der Waals surface area contributed by atoms with Gasteiger partial charge in [-0.15, -0.1) is 0 Å². The molecule has 0 unspecified atom stereocenters. The maximum absolute atomic E-state index is 7.09. The van der Waals surface area contributed by atoms with Gasteiger partial charge >= 0.3 is 0 Å². The lowest BCUT2D eigenvalue weighted by molar-refractivity contribution is 0.669. The summed E-state index contributed by atoms with van der Waals surface area (Å²) in [6, 6.07) is 65.8. The third-order valence-corrected chi connectivity index (χ3v) is 12.0. The summed E-state index contributed by atoms with van der Waals surface area (Å²) in [5.41, 5.74) is 12.7. The van der Waals surface area contributed by atoms with Crippen LogP contribution in [-0.2, 0) is 0 Å². The van der Waals surface area contributed by atoms with Gasteiger partial charge in [0.1, 0.15) is 22.3 Å². The van der Waals surface area contributed by atoms with E-state index in [0.717, 1.165) is 115 Å². The number of benzene rings is 9. The Morgan fingerprint density at radius 2 is 1.02 bits per heavy atom. The number of rotatable bonds is 4. The van der Waals surface area contributed by atoms with Crippen LogP contribution in [-0.4, -0.2) is 14.5 Å². The summed E-state index contributed by atoms with van der Waals surface area (Å²) in [4.78, 5) is 10.6. The lowest BCUT2D eigenvalue weighted by Gasteiger charge is -2.12. The first-order valence-corrected chi connectivity index (χ1v) is 19.9. The Balaban J connectivity index is 1.05. The SMILES string of the molecule is c1ccc(-c2ccc(-c3nc(-n4c5ccccc5c5c6oc7cc(-c8cccc9c8oc8ccccc89)c8ccccc8c7c6ccc54)nc4ccccc34)cc2)cc1. The van der Waals surface area contributed by atoms with E-state index in [9.17, 15) is 0 Å². The Labute approximate surface area is 337 Å². The molecule has 13 rings (SSSR count). The highest BCUT2D eigenvalue weighted by Gasteiger charge is 2.23. The molecule has 0 atom stereocenters. The molecule has 0 saturated heterocycles. The summed E-state index contributed by atoms with van der Waals surface area (Å²) in [5.74, 6) is 0.610. The first kappa shape index (κ1) is 32.1. The van der Waals surface area contributed by atoms with Gasteiger partial charge < -0.3 is 8.83 Å². The molecule has 4 aromatic heterocycles. The van der Waals surface area contributed by atoms with Crippen LogP contribution in [0.3, 0.4) is 0 Å². The Morgan fingerprint density at radius 1 is 0.356 bits per heavy atom. The highest BCUT2D eigenvalue weighted by atomic mass is 16.3. The Kier molecular flexibility index (Phi) is 6.66. The fraction of sp³-hybridized carbons (Fsp3) is 0. The molecule has 0 radical (unpaired) electrons. The maximum atomic E-state index is 7.09. The van der Waals surface area contributed by atoms with Crippen molar-refractivity contribution in [2.75, 3.05) is 0 Å². The summed E-state index contributed by atoms with van der Waals surface area (Å²) >= 11 is 0. The van der Waals surface area contributed by atoms with Crippen molar-refractivity contribution < 1.29 is 8.83 Å². The molecule has 4 heterocycles. The number of aromatic nitrogens is 3. The number of fused-ring (bicyclic) bond motifs is 13. The van der Waals surface area contributed by atoms with E-state index < -0.39 is 0 Å². The summed E-state index contributed by atoms with van der Waals surface area (Å²) in [6.07, 6.45) is 0. The minimum Gasteiger partial charge on any atom is -0.455 e. The average Bonchev–Trinajstić information content (AvgIpc) is 3.98. The van der Waals surface area contributed by atoms with E-state index in [2.05, 4.69) is 168 Å². The Morgan fingerprint density at radius 3 is 1.88 bits per heavy atom. The van der Waals surface area contributed by atoms with Gasteiger partial charge in [-0.3, -0.25) is 4.57 Å². The van der Waals surface area contributed by atoms with Crippen LogP contribution < -0.4 is 0 Å². The lowest BCUT2D eigenvalue weighted by atomic mass is 9.93. The number of nitrogens with zero attached hydrogens (tertiary/aromatic N) is 3. The number of furan rings is 2. The van der Waals surface area contributed by atoms with E-state index in [4.69, 9.17) is 18.8 Å². The van der Waals surface area contributed by atoms with E-state index in [1.54, 1.807) is 0 Å². The predicted molar refractivity (Wildman–Crippen MR) is 242 cm³/mol. The maximum Gasteiger partial charge on any atom is 0.235 e. The van der Waals surface area contributed by atoms with Gasteiger partial charge in [-0.1, -0.05) is 152 Å². The molecule has 5 heteroatoms. The minimum absolute atomic E-state index is 0.610. The van der Waals surface area contributed by atoms with Crippen molar-refractivity contribution in [2.24, 2.45) is 0 Å². The van der Waals surface area contributed by atoms with Gasteiger partial charge in [-0.05, 0) is 63.9 Å². The predicted octanol–water partition coefficient (Wildman–Crippen LogP) is 14.7. The third-order valence-electron chi connectivity index (χ3n) is 12.0. The molecule has 0 spiro atoms. The minimum atomic E-state index is 0.610. The molecule has 9 aromatic carbocycles. The molecule has 0 N–H and O–H groups in total.